The van der Waals surface area contributed by atoms with Crippen LogP contribution < -0.4 is 11.1 Å². The number of hydrogen-bond donors (Lipinski definition) is 2. The average Bonchev–Trinajstić information content (AvgIpc) is 2.35. The predicted molar refractivity (Wildman–Crippen MR) is 78.3 cm³/mol. The van der Waals surface area contributed by atoms with Crippen molar-refractivity contribution in [2.45, 2.75) is 6.18 Å². The van der Waals surface area contributed by atoms with E-state index in [0.717, 1.165) is 10.5 Å². The van der Waals surface area contributed by atoms with Gasteiger partial charge in [0.15, 0.2) is 0 Å². The summed E-state index contributed by atoms with van der Waals surface area (Å²) in [6.07, 6.45) is -4.50. The zero-order valence-corrected chi connectivity index (χ0v) is 12.3. The normalized spacial score (nSPS) is 11.4. The summed E-state index contributed by atoms with van der Waals surface area (Å²) in [5.74, 6) is 0. The maximum atomic E-state index is 12.8. The maximum absolute atomic E-state index is 12.8. The summed E-state index contributed by atoms with van der Waals surface area (Å²) < 4.78 is 39.1. The quantitative estimate of drug-likeness (QED) is 0.695. The van der Waals surface area contributed by atoms with Gasteiger partial charge >= 0.3 is 6.18 Å². The van der Waals surface area contributed by atoms with Crippen LogP contribution in [0, 0.1) is 0 Å². The molecule has 0 aromatic heterocycles. The van der Waals surface area contributed by atoms with E-state index in [1.807, 2.05) is 0 Å². The van der Waals surface area contributed by atoms with Crippen LogP contribution in [0.1, 0.15) is 5.56 Å². The number of benzene rings is 2. The van der Waals surface area contributed by atoms with E-state index in [4.69, 9.17) is 17.3 Å². The lowest BCUT2D eigenvalue weighted by molar-refractivity contribution is -0.136. The third kappa shape index (κ3) is 3.37. The molecule has 0 aliphatic heterocycles. The molecule has 0 heterocycles. The van der Waals surface area contributed by atoms with Gasteiger partial charge in [-0.3, -0.25) is 0 Å². The predicted octanol–water partition coefficient (Wildman–Crippen LogP) is 5.45. The third-order valence-corrected chi connectivity index (χ3v) is 3.39. The first kappa shape index (κ1) is 15.0. The molecule has 2 aromatic carbocycles. The molecule has 20 heavy (non-hydrogen) atoms. The smallest absolute Gasteiger partial charge is 0.398 e. The summed E-state index contributed by atoms with van der Waals surface area (Å²) in [6.45, 7) is 0. The summed E-state index contributed by atoms with van der Waals surface area (Å²) >= 11 is 9.25. The van der Waals surface area contributed by atoms with Gasteiger partial charge in [-0.1, -0.05) is 27.5 Å². The lowest BCUT2D eigenvalue weighted by Crippen LogP contribution is -2.09. The van der Waals surface area contributed by atoms with Gasteiger partial charge in [-0.15, -0.1) is 0 Å². The lowest BCUT2D eigenvalue weighted by atomic mass is 10.1. The number of rotatable bonds is 2. The third-order valence-electron chi connectivity index (χ3n) is 2.57. The van der Waals surface area contributed by atoms with Gasteiger partial charge in [-0.05, 0) is 36.4 Å². The maximum Gasteiger partial charge on any atom is 0.418 e. The SMILES string of the molecule is Nc1ccc(Nc2cc(Br)ccc2Cl)cc1C(F)(F)F. The Kier molecular flexibility index (Phi) is 4.15. The Morgan fingerprint density at radius 2 is 1.80 bits per heavy atom. The fourth-order valence-electron chi connectivity index (χ4n) is 1.63. The molecule has 0 saturated carbocycles. The summed E-state index contributed by atoms with van der Waals surface area (Å²) in [7, 11) is 0. The number of alkyl halides is 3. The number of nitrogens with one attached hydrogen (secondary N) is 1. The Hall–Kier alpha value is -1.40. The molecule has 7 heteroatoms. The molecule has 3 N–H and O–H groups in total. The number of hydrogen-bond acceptors (Lipinski definition) is 2. The molecule has 0 radical (unpaired) electrons. The molecular formula is C13H9BrClF3N2. The Morgan fingerprint density at radius 3 is 2.45 bits per heavy atom. The first-order valence-corrected chi connectivity index (χ1v) is 6.63. The Balaban J connectivity index is 2.37. The van der Waals surface area contributed by atoms with Crippen LogP contribution in [-0.2, 0) is 6.18 Å². The summed E-state index contributed by atoms with van der Waals surface area (Å²) in [4.78, 5) is 0. The molecule has 0 fully saturated rings. The highest BCUT2D eigenvalue weighted by molar-refractivity contribution is 9.10. The molecule has 0 aliphatic carbocycles. The minimum absolute atomic E-state index is 0.256. The topological polar surface area (TPSA) is 38.0 Å². The van der Waals surface area contributed by atoms with Gasteiger partial charge in [0.2, 0.25) is 0 Å². The van der Waals surface area contributed by atoms with Crippen molar-refractivity contribution in [3.8, 4) is 0 Å². The summed E-state index contributed by atoms with van der Waals surface area (Å²) in [5, 5.41) is 3.24. The van der Waals surface area contributed by atoms with E-state index in [-0.39, 0.29) is 11.4 Å². The van der Waals surface area contributed by atoms with Gasteiger partial charge in [-0.2, -0.15) is 13.2 Å². The second kappa shape index (κ2) is 5.54. The molecule has 2 nitrogen and oxygen atoms in total. The lowest BCUT2D eigenvalue weighted by Gasteiger charge is -2.14. The van der Waals surface area contributed by atoms with Crippen molar-refractivity contribution < 1.29 is 13.2 Å². The van der Waals surface area contributed by atoms with Crippen molar-refractivity contribution in [1.82, 2.24) is 0 Å². The van der Waals surface area contributed by atoms with Crippen molar-refractivity contribution in [1.29, 1.82) is 0 Å². The first-order valence-electron chi connectivity index (χ1n) is 5.46. The molecular weight excluding hydrogens is 357 g/mol. The molecule has 2 aromatic rings. The zero-order valence-electron chi connectivity index (χ0n) is 9.93. The van der Waals surface area contributed by atoms with Crippen LogP contribution >= 0.6 is 27.5 Å². The van der Waals surface area contributed by atoms with E-state index in [0.29, 0.717) is 10.7 Å². The van der Waals surface area contributed by atoms with Crippen molar-refractivity contribution in [3.05, 3.63) is 51.5 Å². The van der Waals surface area contributed by atoms with E-state index >= 15 is 0 Å². The van der Waals surface area contributed by atoms with Gasteiger partial charge in [0.25, 0.3) is 0 Å². The van der Waals surface area contributed by atoms with Crippen LogP contribution in [0.3, 0.4) is 0 Å². The molecule has 0 aliphatic rings. The molecule has 106 valence electrons. The number of nitrogens with two attached hydrogens (primary N) is 1. The van der Waals surface area contributed by atoms with Gasteiger partial charge in [-0.25, -0.2) is 0 Å². The first-order chi connectivity index (χ1) is 9.27. The van der Waals surface area contributed by atoms with Gasteiger partial charge in [0.1, 0.15) is 0 Å². The minimum Gasteiger partial charge on any atom is -0.398 e. The van der Waals surface area contributed by atoms with Crippen molar-refractivity contribution in [3.63, 3.8) is 0 Å². The molecule has 0 amide bonds. The molecule has 0 bridgehead atoms. The molecule has 0 saturated heterocycles. The number of anilines is 3. The highest BCUT2D eigenvalue weighted by Gasteiger charge is 2.33. The van der Waals surface area contributed by atoms with E-state index < -0.39 is 11.7 Å². The van der Waals surface area contributed by atoms with Crippen LogP contribution in [0.5, 0.6) is 0 Å². The second-order valence-electron chi connectivity index (χ2n) is 4.05. The van der Waals surface area contributed by atoms with E-state index in [2.05, 4.69) is 21.2 Å². The average molecular weight is 366 g/mol. The van der Waals surface area contributed by atoms with E-state index in [9.17, 15) is 13.2 Å². The molecule has 0 unspecified atom stereocenters. The molecule has 2 rings (SSSR count). The largest absolute Gasteiger partial charge is 0.418 e. The molecule has 0 spiro atoms. The van der Waals surface area contributed by atoms with Gasteiger partial charge in [0.05, 0.1) is 16.3 Å². The van der Waals surface area contributed by atoms with Crippen molar-refractivity contribution in [2.75, 3.05) is 11.1 Å². The van der Waals surface area contributed by atoms with E-state index in [1.165, 1.54) is 12.1 Å². The standard InChI is InChI=1S/C13H9BrClF3N2/c14-7-1-3-10(15)12(5-7)20-8-2-4-11(19)9(6-8)13(16,17)18/h1-6,20H,19H2. The summed E-state index contributed by atoms with van der Waals surface area (Å²) in [6, 6.07) is 8.66. The Morgan fingerprint density at radius 1 is 1.10 bits per heavy atom. The van der Waals surface area contributed by atoms with E-state index in [1.54, 1.807) is 18.2 Å². The highest BCUT2D eigenvalue weighted by Crippen LogP contribution is 2.36. The van der Waals surface area contributed by atoms with Crippen molar-refractivity contribution in [2.24, 2.45) is 0 Å². The highest BCUT2D eigenvalue weighted by atomic mass is 79.9. The van der Waals surface area contributed by atoms with Gasteiger partial charge in [0, 0.05) is 15.8 Å². The zero-order chi connectivity index (χ0) is 14.9. The number of nitrogen functional groups attached to an aromatic ring is 1. The van der Waals surface area contributed by atoms with Crippen molar-refractivity contribution >= 4 is 44.6 Å². The van der Waals surface area contributed by atoms with Crippen LogP contribution in [0.4, 0.5) is 30.2 Å². The fraction of sp³-hybridized carbons (Fsp3) is 0.0769. The fourth-order valence-corrected chi connectivity index (χ4v) is 2.15. The summed E-state index contributed by atoms with van der Waals surface area (Å²) in [5.41, 5.74) is 4.90. The molecule has 0 atom stereocenters. The van der Waals surface area contributed by atoms with Crippen LogP contribution in [0.25, 0.3) is 0 Å². The number of halogens is 5. The van der Waals surface area contributed by atoms with Crippen LogP contribution in [0.2, 0.25) is 5.02 Å². The van der Waals surface area contributed by atoms with Gasteiger partial charge < -0.3 is 11.1 Å². The minimum atomic E-state index is -4.50. The second-order valence-corrected chi connectivity index (χ2v) is 5.37. The Labute approximate surface area is 126 Å². The monoisotopic (exact) mass is 364 g/mol. The Bertz CT molecular complexity index is 644. The van der Waals surface area contributed by atoms with Crippen LogP contribution in [-0.4, -0.2) is 0 Å². The van der Waals surface area contributed by atoms with Crippen LogP contribution in [0.15, 0.2) is 40.9 Å².